The Hall–Kier alpha value is -2.32. The zero-order valence-electron chi connectivity index (χ0n) is 16.5. The van der Waals surface area contributed by atoms with Gasteiger partial charge in [-0.3, -0.25) is 4.79 Å². The lowest BCUT2D eigenvalue weighted by Gasteiger charge is -2.15. The fourth-order valence-corrected chi connectivity index (χ4v) is 3.57. The lowest BCUT2D eigenvalue weighted by Crippen LogP contribution is -2.30. The minimum atomic E-state index is -1.01. The van der Waals surface area contributed by atoms with Crippen LogP contribution in [0.25, 0.3) is 0 Å². The number of hydrogen-bond donors (Lipinski definition) is 1. The largest absolute Gasteiger partial charge is 0.496 e. The van der Waals surface area contributed by atoms with Crippen LogP contribution in [0.2, 0.25) is 5.02 Å². The maximum atomic E-state index is 12.8. The van der Waals surface area contributed by atoms with Gasteiger partial charge in [-0.25, -0.2) is 4.79 Å². The second kappa shape index (κ2) is 8.79. The number of ether oxygens (including phenoxy) is 1. The first-order valence-electron chi connectivity index (χ1n) is 8.60. The van der Waals surface area contributed by atoms with Gasteiger partial charge in [-0.1, -0.05) is 32.4 Å². The lowest BCUT2D eigenvalue weighted by molar-refractivity contribution is 0.0994. The van der Waals surface area contributed by atoms with Crippen molar-refractivity contribution < 1.29 is 19.4 Å². The van der Waals surface area contributed by atoms with E-state index in [1.54, 1.807) is 16.7 Å². The molecule has 0 saturated heterocycles. The number of carboxylic acid groups (broad SMARTS) is 1. The lowest BCUT2D eigenvalue weighted by atomic mass is 9.95. The highest BCUT2D eigenvalue weighted by molar-refractivity contribution is 7.09. The highest BCUT2D eigenvalue weighted by Crippen LogP contribution is 2.25. The average molecular weight is 426 g/mol. The molecule has 0 spiro atoms. The van der Waals surface area contributed by atoms with E-state index in [4.69, 9.17) is 21.4 Å². The number of halogens is 1. The molecule has 0 radical (unpaired) electrons. The van der Waals surface area contributed by atoms with Crippen molar-refractivity contribution in [1.82, 2.24) is 9.47 Å². The molecule has 7 nitrogen and oxygen atoms in total. The first kappa shape index (κ1) is 22.0. The Morgan fingerprint density at radius 1 is 1.36 bits per heavy atom. The summed E-state index contributed by atoms with van der Waals surface area (Å²) in [5.74, 6) is -0.0788. The van der Waals surface area contributed by atoms with Crippen LogP contribution in [0.4, 0.5) is 4.79 Å². The molecule has 152 valence electrons. The van der Waals surface area contributed by atoms with Gasteiger partial charge in [-0.2, -0.15) is 4.99 Å². The van der Waals surface area contributed by atoms with Gasteiger partial charge in [0.05, 0.1) is 12.7 Å². The van der Waals surface area contributed by atoms with E-state index in [-0.39, 0.29) is 17.5 Å². The van der Waals surface area contributed by atoms with Crippen LogP contribution in [0.1, 0.15) is 36.0 Å². The summed E-state index contributed by atoms with van der Waals surface area (Å²) in [7, 11) is 2.98. The van der Waals surface area contributed by atoms with Crippen molar-refractivity contribution in [3.63, 3.8) is 0 Å². The van der Waals surface area contributed by atoms with Gasteiger partial charge in [-0.15, -0.1) is 11.3 Å². The Morgan fingerprint density at radius 3 is 2.61 bits per heavy atom. The number of likely N-dealkylation sites (N-methyl/N-ethyl adjacent to an activating group) is 1. The van der Waals surface area contributed by atoms with Crippen LogP contribution in [-0.2, 0) is 12.0 Å². The quantitative estimate of drug-likeness (QED) is 0.788. The zero-order valence-corrected chi connectivity index (χ0v) is 18.1. The van der Waals surface area contributed by atoms with Crippen molar-refractivity contribution in [2.45, 2.75) is 32.7 Å². The Kier molecular flexibility index (Phi) is 6.90. The standard InChI is InChI=1S/C19H24ClN3O4S/c1-19(2,3)15-11-23(9-8-22(4)18(25)26)17(28-15)21-16(24)13-10-12(20)6-7-14(13)27-5/h6-7,10-11H,8-9H2,1-5H3,(H,25,26). The molecule has 2 aromatic rings. The fraction of sp³-hybridized carbons (Fsp3) is 0.421. The number of hydrogen-bond acceptors (Lipinski definition) is 4. The van der Waals surface area contributed by atoms with E-state index in [1.165, 1.54) is 36.5 Å². The van der Waals surface area contributed by atoms with E-state index in [1.807, 2.05) is 6.20 Å². The summed E-state index contributed by atoms with van der Waals surface area (Å²) >= 11 is 7.42. The molecule has 1 aromatic heterocycles. The van der Waals surface area contributed by atoms with Gasteiger partial charge in [0, 0.05) is 36.2 Å². The summed E-state index contributed by atoms with van der Waals surface area (Å²) in [6, 6.07) is 4.78. The first-order chi connectivity index (χ1) is 13.0. The summed E-state index contributed by atoms with van der Waals surface area (Å²) in [4.78, 5) is 30.8. The van der Waals surface area contributed by atoms with Crippen LogP contribution >= 0.6 is 22.9 Å². The van der Waals surface area contributed by atoms with E-state index in [2.05, 4.69) is 25.8 Å². The molecule has 0 atom stereocenters. The summed E-state index contributed by atoms with van der Waals surface area (Å²) < 4.78 is 7.04. The van der Waals surface area contributed by atoms with Crippen molar-refractivity contribution in [1.29, 1.82) is 0 Å². The SMILES string of the molecule is COc1ccc(Cl)cc1C(=O)N=c1sc(C(C)(C)C)cn1CCN(C)C(=O)O. The average Bonchev–Trinajstić information content (AvgIpc) is 3.02. The number of amides is 2. The molecule has 1 heterocycles. The first-order valence-corrected chi connectivity index (χ1v) is 9.79. The van der Waals surface area contributed by atoms with E-state index < -0.39 is 12.0 Å². The molecule has 0 saturated carbocycles. The number of carbonyl (C=O) groups excluding carboxylic acids is 1. The molecule has 0 aliphatic heterocycles. The van der Waals surface area contributed by atoms with Crippen molar-refractivity contribution in [3.8, 4) is 5.75 Å². The Morgan fingerprint density at radius 2 is 2.04 bits per heavy atom. The van der Waals surface area contributed by atoms with Crippen LogP contribution < -0.4 is 9.54 Å². The molecular weight excluding hydrogens is 402 g/mol. The number of rotatable bonds is 5. The van der Waals surface area contributed by atoms with Gasteiger partial charge in [0.2, 0.25) is 0 Å². The number of nitrogens with zero attached hydrogens (tertiary/aromatic N) is 3. The van der Waals surface area contributed by atoms with Crippen LogP contribution in [0.3, 0.4) is 0 Å². The van der Waals surface area contributed by atoms with Crippen LogP contribution in [0.15, 0.2) is 29.4 Å². The molecule has 0 aliphatic carbocycles. The predicted octanol–water partition coefficient (Wildman–Crippen LogP) is 3.86. The molecule has 2 amide bonds. The molecule has 28 heavy (non-hydrogen) atoms. The molecule has 0 fully saturated rings. The summed E-state index contributed by atoms with van der Waals surface area (Å²) in [6.07, 6.45) is 0.909. The predicted molar refractivity (Wildman–Crippen MR) is 110 cm³/mol. The number of carbonyl (C=O) groups is 2. The summed E-state index contributed by atoms with van der Waals surface area (Å²) in [6.45, 7) is 6.86. The third-order valence-corrected chi connectivity index (χ3v) is 5.73. The normalized spacial score (nSPS) is 12.1. The minimum absolute atomic E-state index is 0.129. The molecule has 1 aromatic carbocycles. The van der Waals surface area contributed by atoms with Crippen molar-refractivity contribution in [3.05, 3.63) is 44.7 Å². The Bertz CT molecular complexity index is 943. The van der Waals surface area contributed by atoms with Crippen molar-refractivity contribution in [2.24, 2.45) is 4.99 Å². The molecule has 1 N–H and O–H groups in total. The maximum Gasteiger partial charge on any atom is 0.407 e. The van der Waals surface area contributed by atoms with E-state index in [0.717, 1.165) is 4.88 Å². The molecule has 9 heteroatoms. The fourth-order valence-electron chi connectivity index (χ4n) is 2.32. The zero-order chi connectivity index (χ0) is 21.1. The maximum absolute atomic E-state index is 12.8. The van der Waals surface area contributed by atoms with E-state index in [9.17, 15) is 9.59 Å². The van der Waals surface area contributed by atoms with E-state index >= 15 is 0 Å². The third kappa shape index (κ3) is 5.36. The second-order valence-corrected chi connectivity index (χ2v) is 8.73. The van der Waals surface area contributed by atoms with Crippen LogP contribution in [-0.4, -0.2) is 47.3 Å². The van der Waals surface area contributed by atoms with Gasteiger partial charge >= 0.3 is 6.09 Å². The highest BCUT2D eigenvalue weighted by atomic mass is 35.5. The number of benzene rings is 1. The second-order valence-electron chi connectivity index (χ2n) is 7.29. The van der Waals surface area contributed by atoms with Crippen molar-refractivity contribution in [2.75, 3.05) is 20.7 Å². The van der Waals surface area contributed by atoms with Gasteiger partial charge < -0.3 is 19.3 Å². The number of thiazole rings is 1. The van der Waals surface area contributed by atoms with Crippen molar-refractivity contribution >= 4 is 34.9 Å². The smallest absolute Gasteiger partial charge is 0.407 e. The van der Waals surface area contributed by atoms with Crippen LogP contribution in [0, 0.1) is 0 Å². The number of methoxy groups -OCH3 is 1. The minimum Gasteiger partial charge on any atom is -0.496 e. The van der Waals surface area contributed by atoms with Gasteiger partial charge in [0.1, 0.15) is 5.75 Å². The summed E-state index contributed by atoms with van der Waals surface area (Å²) in [5, 5.41) is 9.47. The van der Waals surface area contributed by atoms with E-state index in [0.29, 0.717) is 22.1 Å². The molecule has 2 rings (SSSR count). The highest BCUT2D eigenvalue weighted by Gasteiger charge is 2.19. The van der Waals surface area contributed by atoms with Gasteiger partial charge in [0.15, 0.2) is 4.80 Å². The van der Waals surface area contributed by atoms with Gasteiger partial charge in [0.25, 0.3) is 5.91 Å². The molecule has 0 aliphatic rings. The molecule has 0 bridgehead atoms. The topological polar surface area (TPSA) is 84.1 Å². The number of aromatic nitrogens is 1. The summed E-state index contributed by atoms with van der Waals surface area (Å²) in [5.41, 5.74) is 0.144. The van der Waals surface area contributed by atoms with Gasteiger partial charge in [-0.05, 0) is 23.6 Å². The Labute approximate surface area is 172 Å². The molecular formula is C19H24ClN3O4S. The Balaban J connectivity index is 2.47. The third-order valence-electron chi connectivity index (χ3n) is 4.05. The molecule has 0 unspecified atom stereocenters. The monoisotopic (exact) mass is 425 g/mol. The van der Waals surface area contributed by atoms with Crippen LogP contribution in [0.5, 0.6) is 5.75 Å².